The first-order valence-corrected chi connectivity index (χ1v) is 14.2. The van der Waals surface area contributed by atoms with E-state index in [1.54, 1.807) is 6.20 Å². The molecule has 1 atom stereocenters. The van der Waals surface area contributed by atoms with Crippen LogP contribution in [0.5, 0.6) is 0 Å². The number of hydrogen-bond acceptors (Lipinski definition) is 7. The van der Waals surface area contributed by atoms with E-state index < -0.39 is 0 Å². The molecule has 2 fully saturated rings. The molecule has 2 saturated heterocycles. The molecule has 0 radical (unpaired) electrons. The normalized spacial score (nSPS) is 17.9. The van der Waals surface area contributed by atoms with E-state index in [-0.39, 0.29) is 5.91 Å². The SMILES string of the molecule is O=C(CN1CCCCC1)NCCC1CCCN1c1ccc(-c2ccnc(Nc3cccc(CCl)c3)n2)cn1. The van der Waals surface area contributed by atoms with Gasteiger partial charge in [-0.2, -0.15) is 0 Å². The van der Waals surface area contributed by atoms with Crippen LogP contribution in [0.2, 0.25) is 0 Å². The Morgan fingerprint density at radius 1 is 1.03 bits per heavy atom. The smallest absolute Gasteiger partial charge is 0.234 e. The molecule has 2 aromatic heterocycles. The Labute approximate surface area is 229 Å². The van der Waals surface area contributed by atoms with E-state index in [1.165, 1.54) is 19.3 Å². The Kier molecular flexibility index (Phi) is 9.04. The molecule has 2 aliphatic heterocycles. The van der Waals surface area contributed by atoms with Gasteiger partial charge in [-0.25, -0.2) is 15.0 Å². The number of amides is 1. The number of hydrogen-bond donors (Lipinski definition) is 2. The standard InChI is InChI=1S/C29H36ClN7O/c30-19-22-6-4-7-24(18-22)34-29-32-14-12-26(35-29)23-9-10-27(33-20-23)37-17-5-8-25(37)11-13-31-28(38)21-36-15-2-1-3-16-36/h4,6-7,9-10,12,14,18,20,25H,1-3,5,8,11,13,15-17,19,21H2,(H,31,38)(H,32,34,35). The minimum atomic E-state index is 0.143. The van der Waals surface area contributed by atoms with Crippen molar-refractivity contribution in [3.8, 4) is 11.3 Å². The highest BCUT2D eigenvalue weighted by Gasteiger charge is 2.25. The number of pyridine rings is 1. The Morgan fingerprint density at radius 3 is 2.74 bits per heavy atom. The number of benzene rings is 1. The minimum absolute atomic E-state index is 0.143. The highest BCUT2D eigenvalue weighted by atomic mass is 35.5. The van der Waals surface area contributed by atoms with E-state index in [0.717, 1.165) is 67.2 Å². The predicted octanol–water partition coefficient (Wildman–Crippen LogP) is 4.98. The molecule has 1 unspecified atom stereocenters. The van der Waals surface area contributed by atoms with Crippen LogP contribution in [-0.4, -0.2) is 64.5 Å². The first-order valence-electron chi connectivity index (χ1n) is 13.6. The van der Waals surface area contributed by atoms with Crippen LogP contribution in [0.1, 0.15) is 44.1 Å². The van der Waals surface area contributed by atoms with E-state index in [2.05, 4.69) is 42.5 Å². The molecule has 4 heterocycles. The fourth-order valence-electron chi connectivity index (χ4n) is 5.34. The average molecular weight is 534 g/mol. The lowest BCUT2D eigenvalue weighted by Gasteiger charge is -2.27. The fourth-order valence-corrected chi connectivity index (χ4v) is 5.51. The lowest BCUT2D eigenvalue weighted by atomic mass is 10.1. The highest BCUT2D eigenvalue weighted by Crippen LogP contribution is 2.27. The lowest BCUT2D eigenvalue weighted by Crippen LogP contribution is -2.41. The third kappa shape index (κ3) is 6.99. The van der Waals surface area contributed by atoms with Crippen molar-refractivity contribution in [1.29, 1.82) is 0 Å². The number of halogens is 1. The maximum Gasteiger partial charge on any atom is 0.234 e. The van der Waals surface area contributed by atoms with E-state index >= 15 is 0 Å². The van der Waals surface area contributed by atoms with E-state index in [9.17, 15) is 4.79 Å². The van der Waals surface area contributed by atoms with Gasteiger partial charge in [-0.1, -0.05) is 18.6 Å². The molecular weight excluding hydrogens is 498 g/mol. The third-order valence-corrected chi connectivity index (χ3v) is 7.63. The van der Waals surface area contributed by atoms with E-state index in [1.807, 2.05) is 36.5 Å². The third-order valence-electron chi connectivity index (χ3n) is 7.32. The molecule has 0 aliphatic carbocycles. The second-order valence-electron chi connectivity index (χ2n) is 10.1. The van der Waals surface area contributed by atoms with Gasteiger partial charge in [-0.05, 0) is 81.1 Å². The van der Waals surface area contributed by atoms with E-state index in [4.69, 9.17) is 16.6 Å². The number of piperidine rings is 1. The van der Waals surface area contributed by atoms with Gasteiger partial charge >= 0.3 is 0 Å². The van der Waals surface area contributed by atoms with Gasteiger partial charge in [0.15, 0.2) is 0 Å². The molecule has 38 heavy (non-hydrogen) atoms. The number of likely N-dealkylation sites (tertiary alicyclic amines) is 1. The molecule has 0 bridgehead atoms. The Balaban J connectivity index is 1.16. The van der Waals surface area contributed by atoms with Crippen LogP contribution in [0.3, 0.4) is 0 Å². The number of nitrogens with one attached hydrogen (secondary N) is 2. The quantitative estimate of drug-likeness (QED) is 0.355. The summed E-state index contributed by atoms with van der Waals surface area (Å²) >= 11 is 5.96. The van der Waals surface area contributed by atoms with Gasteiger partial charge in [-0.3, -0.25) is 9.69 Å². The van der Waals surface area contributed by atoms with Crippen LogP contribution in [0.15, 0.2) is 54.9 Å². The van der Waals surface area contributed by atoms with Gasteiger partial charge in [-0.15, -0.1) is 11.6 Å². The molecule has 5 rings (SSSR count). The number of rotatable bonds is 10. The van der Waals surface area contributed by atoms with Crippen molar-refractivity contribution in [3.63, 3.8) is 0 Å². The maximum atomic E-state index is 12.4. The van der Waals surface area contributed by atoms with Crippen LogP contribution in [-0.2, 0) is 10.7 Å². The number of carbonyl (C=O) groups is 1. The van der Waals surface area contributed by atoms with Crippen LogP contribution in [0.4, 0.5) is 17.5 Å². The number of carbonyl (C=O) groups excluding carboxylic acids is 1. The van der Waals surface area contributed by atoms with Crippen molar-refractivity contribution in [2.45, 2.75) is 50.4 Å². The van der Waals surface area contributed by atoms with Crippen molar-refractivity contribution in [3.05, 3.63) is 60.4 Å². The van der Waals surface area contributed by atoms with Crippen molar-refractivity contribution >= 4 is 35.0 Å². The van der Waals surface area contributed by atoms with E-state index in [0.29, 0.717) is 31.0 Å². The summed E-state index contributed by atoms with van der Waals surface area (Å²) in [7, 11) is 0. The van der Waals surface area contributed by atoms with Gasteiger partial charge < -0.3 is 15.5 Å². The molecule has 2 N–H and O–H groups in total. The van der Waals surface area contributed by atoms with Gasteiger partial charge in [0.05, 0.1) is 12.2 Å². The van der Waals surface area contributed by atoms with Crippen LogP contribution in [0.25, 0.3) is 11.3 Å². The first-order chi connectivity index (χ1) is 18.7. The van der Waals surface area contributed by atoms with Crippen molar-refractivity contribution < 1.29 is 4.79 Å². The topological polar surface area (TPSA) is 86.3 Å². The lowest BCUT2D eigenvalue weighted by molar-refractivity contribution is -0.122. The monoisotopic (exact) mass is 533 g/mol. The molecular formula is C29H36ClN7O. The van der Waals surface area contributed by atoms with Crippen molar-refractivity contribution in [2.75, 3.05) is 42.9 Å². The Morgan fingerprint density at radius 2 is 1.92 bits per heavy atom. The average Bonchev–Trinajstić information content (AvgIpc) is 3.42. The summed E-state index contributed by atoms with van der Waals surface area (Å²) in [4.78, 5) is 30.8. The molecule has 200 valence electrons. The summed E-state index contributed by atoms with van der Waals surface area (Å²) in [5.41, 5.74) is 3.68. The molecule has 8 nitrogen and oxygen atoms in total. The number of alkyl halides is 1. The summed E-state index contributed by atoms with van der Waals surface area (Å²) in [6.45, 7) is 4.30. The summed E-state index contributed by atoms with van der Waals surface area (Å²) in [5, 5.41) is 6.39. The minimum Gasteiger partial charge on any atom is -0.355 e. The predicted molar refractivity (Wildman–Crippen MR) is 153 cm³/mol. The summed E-state index contributed by atoms with van der Waals surface area (Å²) < 4.78 is 0. The van der Waals surface area contributed by atoms with Crippen LogP contribution >= 0.6 is 11.6 Å². The molecule has 1 aromatic carbocycles. The number of aromatic nitrogens is 3. The Hall–Kier alpha value is -3.23. The second-order valence-corrected chi connectivity index (χ2v) is 10.4. The summed E-state index contributed by atoms with van der Waals surface area (Å²) in [6, 6.07) is 14.3. The molecule has 1 amide bonds. The highest BCUT2D eigenvalue weighted by molar-refractivity contribution is 6.17. The largest absolute Gasteiger partial charge is 0.355 e. The molecule has 9 heteroatoms. The fraction of sp³-hybridized carbons (Fsp3) is 0.448. The zero-order valence-corrected chi connectivity index (χ0v) is 22.5. The zero-order valence-electron chi connectivity index (χ0n) is 21.8. The van der Waals surface area contributed by atoms with Crippen LogP contribution < -0.4 is 15.5 Å². The van der Waals surface area contributed by atoms with Gasteiger partial charge in [0.25, 0.3) is 0 Å². The van der Waals surface area contributed by atoms with Crippen molar-refractivity contribution in [2.24, 2.45) is 0 Å². The van der Waals surface area contributed by atoms with Gasteiger partial charge in [0.1, 0.15) is 5.82 Å². The number of nitrogens with zero attached hydrogens (tertiary/aromatic N) is 5. The Bertz CT molecular complexity index is 1200. The first kappa shape index (κ1) is 26.4. The molecule has 3 aromatic rings. The zero-order chi connectivity index (χ0) is 26.2. The van der Waals surface area contributed by atoms with Crippen molar-refractivity contribution in [1.82, 2.24) is 25.2 Å². The molecule has 0 saturated carbocycles. The number of anilines is 3. The summed E-state index contributed by atoms with van der Waals surface area (Å²) in [6.07, 6.45) is 10.5. The maximum absolute atomic E-state index is 12.4. The molecule has 2 aliphatic rings. The van der Waals surface area contributed by atoms with Gasteiger partial charge in [0, 0.05) is 48.7 Å². The second kappa shape index (κ2) is 13.0. The summed E-state index contributed by atoms with van der Waals surface area (Å²) in [5.74, 6) is 2.10. The molecule has 0 spiro atoms. The van der Waals surface area contributed by atoms with Crippen LogP contribution in [0, 0.1) is 0 Å². The van der Waals surface area contributed by atoms with Gasteiger partial charge in [0.2, 0.25) is 11.9 Å².